The summed E-state index contributed by atoms with van der Waals surface area (Å²) in [5.74, 6) is -1.18. The van der Waals surface area contributed by atoms with E-state index < -0.39 is 5.97 Å². The molecule has 4 heteroatoms. The number of aryl methyl sites for hydroxylation is 1. The molecule has 0 aliphatic rings. The van der Waals surface area contributed by atoms with Crippen LogP contribution in [-0.4, -0.2) is 11.0 Å². The molecule has 98 valence electrons. The van der Waals surface area contributed by atoms with E-state index in [0.29, 0.717) is 22.2 Å². The predicted molar refractivity (Wildman–Crippen MR) is 76.2 cm³/mol. The smallest absolute Gasteiger partial charge is 0.545 e. The normalized spacial score (nSPS) is 10.1. The van der Waals surface area contributed by atoms with Gasteiger partial charge in [-0.2, -0.15) is 0 Å². The second-order valence-corrected chi connectivity index (χ2v) is 4.62. The molecule has 3 nitrogen and oxygen atoms in total. The Morgan fingerprint density at radius 2 is 1.62 bits per heavy atom. The molecule has 0 aliphatic heterocycles. The molecule has 0 radical (unpaired) electrons. The average molecular weight is 301 g/mol. The number of carboxylic acid groups (broad SMARTS) is 1. The monoisotopic (exact) mass is 301 g/mol. The van der Waals surface area contributed by atoms with Crippen molar-refractivity contribution in [2.24, 2.45) is 0 Å². The van der Waals surface area contributed by atoms with Crippen LogP contribution in [0.4, 0.5) is 0 Å². The minimum Gasteiger partial charge on any atom is -0.545 e. The SMILES string of the molecule is Cc1nc2ccccc2c(C(=O)[O-])c1-c1ccccc1.[K+]. The van der Waals surface area contributed by atoms with Crippen molar-refractivity contribution in [1.82, 2.24) is 4.98 Å². The quantitative estimate of drug-likeness (QED) is 0.604. The molecule has 2 aromatic carbocycles. The number of carbonyl (C=O) groups is 1. The summed E-state index contributed by atoms with van der Waals surface area (Å²) in [6.45, 7) is 1.82. The van der Waals surface area contributed by atoms with E-state index >= 15 is 0 Å². The molecule has 0 fully saturated rings. The van der Waals surface area contributed by atoms with Crippen LogP contribution in [0, 0.1) is 6.92 Å². The van der Waals surface area contributed by atoms with Crippen LogP contribution in [-0.2, 0) is 0 Å². The van der Waals surface area contributed by atoms with Crippen molar-refractivity contribution in [3.8, 4) is 11.1 Å². The molecule has 0 saturated carbocycles. The zero-order valence-corrected chi connectivity index (χ0v) is 15.1. The zero-order chi connectivity index (χ0) is 14.1. The molecule has 1 heterocycles. The first-order valence-corrected chi connectivity index (χ1v) is 6.34. The van der Waals surface area contributed by atoms with Gasteiger partial charge in [0, 0.05) is 22.2 Å². The Hall–Kier alpha value is -1.04. The van der Waals surface area contributed by atoms with Gasteiger partial charge in [-0.1, -0.05) is 48.5 Å². The maximum atomic E-state index is 11.6. The van der Waals surface area contributed by atoms with Crippen LogP contribution < -0.4 is 56.5 Å². The number of rotatable bonds is 2. The summed E-state index contributed by atoms with van der Waals surface area (Å²) in [6, 6.07) is 16.6. The number of hydrogen-bond donors (Lipinski definition) is 0. The fraction of sp³-hybridized carbons (Fsp3) is 0.0588. The van der Waals surface area contributed by atoms with Gasteiger partial charge in [0.25, 0.3) is 0 Å². The summed E-state index contributed by atoms with van der Waals surface area (Å²) in [4.78, 5) is 16.1. The van der Waals surface area contributed by atoms with Gasteiger partial charge in [0.2, 0.25) is 0 Å². The van der Waals surface area contributed by atoms with E-state index in [1.807, 2.05) is 49.4 Å². The van der Waals surface area contributed by atoms with Gasteiger partial charge in [0.05, 0.1) is 11.5 Å². The van der Waals surface area contributed by atoms with Gasteiger partial charge in [-0.25, -0.2) is 0 Å². The second-order valence-electron chi connectivity index (χ2n) is 4.62. The maximum absolute atomic E-state index is 11.6. The van der Waals surface area contributed by atoms with Crippen molar-refractivity contribution in [1.29, 1.82) is 0 Å². The summed E-state index contributed by atoms with van der Waals surface area (Å²) >= 11 is 0. The van der Waals surface area contributed by atoms with Gasteiger partial charge < -0.3 is 9.90 Å². The van der Waals surface area contributed by atoms with Crippen molar-refractivity contribution in [2.75, 3.05) is 0 Å². The van der Waals surface area contributed by atoms with E-state index in [-0.39, 0.29) is 56.9 Å². The molecule has 3 aromatic rings. The number of benzene rings is 2. The number of pyridine rings is 1. The number of aromatic carboxylic acids is 1. The van der Waals surface area contributed by atoms with Crippen molar-refractivity contribution in [3.05, 3.63) is 65.9 Å². The van der Waals surface area contributed by atoms with E-state index in [4.69, 9.17) is 0 Å². The molecule has 0 bridgehead atoms. The summed E-state index contributed by atoms with van der Waals surface area (Å²) in [5, 5.41) is 12.2. The van der Waals surface area contributed by atoms with Crippen LogP contribution in [0.15, 0.2) is 54.6 Å². The van der Waals surface area contributed by atoms with Crippen LogP contribution in [0.2, 0.25) is 0 Å². The molecule has 0 spiro atoms. The third kappa shape index (κ3) is 3.10. The van der Waals surface area contributed by atoms with Crippen molar-refractivity contribution in [2.45, 2.75) is 6.92 Å². The Labute approximate surface area is 165 Å². The molecule has 1 aromatic heterocycles. The molecular weight excluding hydrogens is 289 g/mol. The fourth-order valence-corrected chi connectivity index (χ4v) is 2.50. The first-order valence-electron chi connectivity index (χ1n) is 6.34. The van der Waals surface area contributed by atoms with Crippen molar-refractivity contribution in [3.63, 3.8) is 0 Å². The Kier molecular flexibility index (Phi) is 5.30. The standard InChI is InChI=1S/C17H13NO2.K/c1-11-15(12-7-3-2-4-8-12)16(17(19)20)13-9-5-6-10-14(13)18-11;/h2-10H,1H3,(H,19,20);/q;+1/p-1. The van der Waals surface area contributed by atoms with Gasteiger partial charge in [0.15, 0.2) is 0 Å². The summed E-state index contributed by atoms with van der Waals surface area (Å²) in [5.41, 5.74) is 3.03. The number of nitrogens with zero attached hydrogens (tertiary/aromatic N) is 1. The Morgan fingerprint density at radius 1 is 1.00 bits per heavy atom. The molecule has 0 unspecified atom stereocenters. The van der Waals surface area contributed by atoms with E-state index in [1.54, 1.807) is 12.1 Å². The molecule has 3 rings (SSSR count). The molecular formula is C17H12KNO2. The Balaban J connectivity index is 0.00000161. The van der Waals surface area contributed by atoms with Gasteiger partial charge in [-0.3, -0.25) is 4.98 Å². The first kappa shape index (κ1) is 16.3. The van der Waals surface area contributed by atoms with E-state index in [1.165, 1.54) is 0 Å². The maximum Gasteiger partial charge on any atom is 1.00 e. The van der Waals surface area contributed by atoms with Crippen molar-refractivity contribution < 1.29 is 61.3 Å². The van der Waals surface area contributed by atoms with E-state index in [9.17, 15) is 9.90 Å². The number of fused-ring (bicyclic) bond motifs is 1. The first-order chi connectivity index (χ1) is 9.68. The molecule has 0 aliphatic carbocycles. The molecule has 0 saturated heterocycles. The largest absolute Gasteiger partial charge is 1.00 e. The average Bonchev–Trinajstić information content (AvgIpc) is 2.46. The van der Waals surface area contributed by atoms with Gasteiger partial charge in [-0.05, 0) is 18.6 Å². The van der Waals surface area contributed by atoms with Crippen LogP contribution >= 0.6 is 0 Å². The topological polar surface area (TPSA) is 53.0 Å². The summed E-state index contributed by atoms with van der Waals surface area (Å²) < 4.78 is 0. The van der Waals surface area contributed by atoms with E-state index in [0.717, 1.165) is 5.56 Å². The number of carbonyl (C=O) groups excluding carboxylic acids is 1. The number of hydrogen-bond acceptors (Lipinski definition) is 3. The minimum absolute atomic E-state index is 0. The van der Waals surface area contributed by atoms with Gasteiger partial charge >= 0.3 is 51.4 Å². The van der Waals surface area contributed by atoms with Crippen molar-refractivity contribution >= 4 is 16.9 Å². The number of para-hydroxylation sites is 1. The third-order valence-corrected chi connectivity index (χ3v) is 3.34. The summed E-state index contributed by atoms with van der Waals surface area (Å²) in [6.07, 6.45) is 0. The van der Waals surface area contributed by atoms with E-state index in [2.05, 4.69) is 4.98 Å². The summed E-state index contributed by atoms with van der Waals surface area (Å²) in [7, 11) is 0. The molecule has 0 atom stereocenters. The molecule has 0 amide bonds. The zero-order valence-electron chi connectivity index (χ0n) is 12.0. The van der Waals surface area contributed by atoms with Crippen LogP contribution in [0.1, 0.15) is 16.1 Å². The van der Waals surface area contributed by atoms with Gasteiger partial charge in [-0.15, -0.1) is 0 Å². The molecule has 0 N–H and O–H groups in total. The Bertz CT molecular complexity index is 800. The fourth-order valence-electron chi connectivity index (χ4n) is 2.50. The van der Waals surface area contributed by atoms with Crippen LogP contribution in [0.5, 0.6) is 0 Å². The van der Waals surface area contributed by atoms with Crippen LogP contribution in [0.25, 0.3) is 22.0 Å². The van der Waals surface area contributed by atoms with Gasteiger partial charge in [0.1, 0.15) is 0 Å². The number of carboxylic acids is 1. The molecule has 21 heavy (non-hydrogen) atoms. The van der Waals surface area contributed by atoms with Crippen LogP contribution in [0.3, 0.4) is 0 Å². The Morgan fingerprint density at radius 3 is 2.29 bits per heavy atom. The predicted octanol–water partition coefficient (Wildman–Crippen LogP) is -0.422. The second kappa shape index (κ2) is 6.81. The third-order valence-electron chi connectivity index (χ3n) is 3.34. The minimum atomic E-state index is -1.18. The number of aromatic nitrogens is 1.